The van der Waals surface area contributed by atoms with Crippen LogP contribution < -0.4 is 5.32 Å². The first-order valence-corrected chi connectivity index (χ1v) is 5.58. The van der Waals surface area contributed by atoms with Gasteiger partial charge in [0.1, 0.15) is 0 Å². The summed E-state index contributed by atoms with van der Waals surface area (Å²) in [6, 6.07) is 0. The van der Waals surface area contributed by atoms with Crippen molar-refractivity contribution >= 4 is 0 Å². The van der Waals surface area contributed by atoms with Gasteiger partial charge in [-0.25, -0.2) is 0 Å². The minimum Gasteiger partial charge on any atom is -0.312 e. The van der Waals surface area contributed by atoms with E-state index in [1.54, 1.807) is 0 Å². The Bertz CT molecular complexity index is 168. The number of hydrogen-bond donors (Lipinski definition) is 1. The standard InChI is InChI=1S/C12H25N/c1-10-7-6-8-12(10,5)9-13-11(2,3)4/h10,13H,6-9H2,1-5H3. The molecule has 0 amide bonds. The van der Waals surface area contributed by atoms with E-state index < -0.39 is 0 Å². The van der Waals surface area contributed by atoms with Crippen molar-refractivity contribution in [1.82, 2.24) is 5.32 Å². The molecule has 13 heavy (non-hydrogen) atoms. The molecule has 1 aliphatic rings. The van der Waals surface area contributed by atoms with E-state index in [0.29, 0.717) is 5.41 Å². The van der Waals surface area contributed by atoms with Gasteiger partial charge in [-0.1, -0.05) is 26.7 Å². The lowest BCUT2D eigenvalue weighted by Gasteiger charge is -2.33. The van der Waals surface area contributed by atoms with Gasteiger partial charge in [-0.2, -0.15) is 0 Å². The Kier molecular flexibility index (Phi) is 3.06. The molecule has 1 aliphatic carbocycles. The Labute approximate surface area is 83.3 Å². The largest absolute Gasteiger partial charge is 0.312 e. The van der Waals surface area contributed by atoms with Crippen molar-refractivity contribution in [2.45, 2.75) is 59.4 Å². The van der Waals surface area contributed by atoms with E-state index in [1.165, 1.54) is 25.8 Å². The van der Waals surface area contributed by atoms with Crippen LogP contribution in [-0.4, -0.2) is 12.1 Å². The second kappa shape index (κ2) is 3.61. The Morgan fingerprint density at radius 3 is 2.38 bits per heavy atom. The molecule has 0 aromatic rings. The van der Waals surface area contributed by atoms with Gasteiger partial charge < -0.3 is 5.32 Å². The summed E-state index contributed by atoms with van der Waals surface area (Å²) in [5, 5.41) is 3.63. The molecule has 0 aliphatic heterocycles. The van der Waals surface area contributed by atoms with Crippen LogP contribution in [0.2, 0.25) is 0 Å². The predicted octanol–water partition coefficient (Wildman–Crippen LogP) is 3.20. The molecule has 2 unspecified atom stereocenters. The first-order valence-electron chi connectivity index (χ1n) is 5.58. The van der Waals surface area contributed by atoms with Crippen molar-refractivity contribution in [3.63, 3.8) is 0 Å². The van der Waals surface area contributed by atoms with Crippen LogP contribution in [0.1, 0.15) is 53.9 Å². The maximum Gasteiger partial charge on any atom is 0.00967 e. The van der Waals surface area contributed by atoms with Gasteiger partial charge in [-0.05, 0) is 38.5 Å². The molecule has 0 heterocycles. The maximum atomic E-state index is 3.63. The van der Waals surface area contributed by atoms with Crippen LogP contribution in [0, 0.1) is 11.3 Å². The average molecular weight is 183 g/mol. The van der Waals surface area contributed by atoms with Crippen LogP contribution in [0.25, 0.3) is 0 Å². The Hall–Kier alpha value is -0.0400. The lowest BCUT2D eigenvalue weighted by Crippen LogP contribution is -2.43. The molecule has 0 saturated heterocycles. The van der Waals surface area contributed by atoms with Gasteiger partial charge in [0.05, 0.1) is 0 Å². The first-order chi connectivity index (χ1) is 5.83. The molecule has 1 heteroatoms. The van der Waals surface area contributed by atoms with E-state index in [-0.39, 0.29) is 5.54 Å². The first kappa shape index (κ1) is 11.0. The lowest BCUT2D eigenvalue weighted by molar-refractivity contribution is 0.211. The third-order valence-corrected chi connectivity index (χ3v) is 3.60. The summed E-state index contributed by atoms with van der Waals surface area (Å²) in [5.74, 6) is 0.891. The van der Waals surface area contributed by atoms with E-state index in [1.807, 2.05) is 0 Å². The van der Waals surface area contributed by atoms with Gasteiger partial charge in [0.15, 0.2) is 0 Å². The minimum atomic E-state index is 0.269. The Morgan fingerprint density at radius 1 is 1.38 bits per heavy atom. The van der Waals surface area contributed by atoms with Crippen LogP contribution in [0.5, 0.6) is 0 Å². The van der Waals surface area contributed by atoms with Gasteiger partial charge in [0.2, 0.25) is 0 Å². The highest BCUT2D eigenvalue weighted by molar-refractivity contribution is 4.89. The lowest BCUT2D eigenvalue weighted by atomic mass is 9.80. The van der Waals surface area contributed by atoms with Gasteiger partial charge in [-0.15, -0.1) is 0 Å². The highest BCUT2D eigenvalue weighted by Gasteiger charge is 2.35. The second-order valence-corrected chi connectivity index (χ2v) is 6.05. The molecule has 78 valence electrons. The summed E-state index contributed by atoms with van der Waals surface area (Å²) in [6.07, 6.45) is 4.24. The smallest absolute Gasteiger partial charge is 0.00967 e. The zero-order valence-electron chi connectivity index (χ0n) is 9.91. The molecule has 0 bridgehead atoms. The van der Waals surface area contributed by atoms with Crippen molar-refractivity contribution in [2.75, 3.05) is 6.54 Å². The fraction of sp³-hybridized carbons (Fsp3) is 1.00. The van der Waals surface area contributed by atoms with Crippen molar-refractivity contribution in [3.8, 4) is 0 Å². The van der Waals surface area contributed by atoms with Crippen LogP contribution in [0.15, 0.2) is 0 Å². The third-order valence-electron chi connectivity index (χ3n) is 3.60. The van der Waals surface area contributed by atoms with E-state index in [9.17, 15) is 0 Å². The summed E-state index contributed by atoms with van der Waals surface area (Å²) in [5.41, 5.74) is 0.818. The monoisotopic (exact) mass is 183 g/mol. The number of rotatable bonds is 2. The molecule has 0 spiro atoms. The van der Waals surface area contributed by atoms with Gasteiger partial charge >= 0.3 is 0 Å². The molecule has 0 aromatic heterocycles. The van der Waals surface area contributed by atoms with Gasteiger partial charge in [0.25, 0.3) is 0 Å². The van der Waals surface area contributed by atoms with E-state index in [4.69, 9.17) is 0 Å². The zero-order valence-corrected chi connectivity index (χ0v) is 9.91. The van der Waals surface area contributed by atoms with Gasteiger partial charge in [0, 0.05) is 12.1 Å². The van der Waals surface area contributed by atoms with Crippen LogP contribution in [0.3, 0.4) is 0 Å². The Balaban J connectivity index is 2.43. The average Bonchev–Trinajstić information content (AvgIpc) is 2.29. The second-order valence-electron chi connectivity index (χ2n) is 6.05. The summed E-state index contributed by atoms with van der Waals surface area (Å²) in [7, 11) is 0. The normalized spacial score (nSPS) is 35.3. The topological polar surface area (TPSA) is 12.0 Å². The molecule has 1 saturated carbocycles. The molecular weight excluding hydrogens is 158 g/mol. The van der Waals surface area contributed by atoms with Crippen molar-refractivity contribution in [3.05, 3.63) is 0 Å². The van der Waals surface area contributed by atoms with Crippen molar-refractivity contribution < 1.29 is 0 Å². The van der Waals surface area contributed by atoms with Gasteiger partial charge in [-0.3, -0.25) is 0 Å². The predicted molar refractivity (Wildman–Crippen MR) is 58.9 cm³/mol. The number of nitrogens with one attached hydrogen (secondary N) is 1. The molecule has 1 rings (SSSR count). The van der Waals surface area contributed by atoms with E-state index in [0.717, 1.165) is 5.92 Å². The summed E-state index contributed by atoms with van der Waals surface area (Å²) in [4.78, 5) is 0. The zero-order chi connectivity index (χ0) is 10.1. The molecule has 0 aromatic carbocycles. The van der Waals surface area contributed by atoms with E-state index in [2.05, 4.69) is 39.9 Å². The van der Waals surface area contributed by atoms with Crippen molar-refractivity contribution in [1.29, 1.82) is 0 Å². The molecule has 1 nitrogen and oxygen atoms in total. The molecule has 0 radical (unpaired) electrons. The SMILES string of the molecule is CC1CCCC1(C)CNC(C)(C)C. The quantitative estimate of drug-likeness (QED) is 0.693. The Morgan fingerprint density at radius 2 is 2.00 bits per heavy atom. The van der Waals surface area contributed by atoms with E-state index >= 15 is 0 Å². The number of hydrogen-bond acceptors (Lipinski definition) is 1. The fourth-order valence-corrected chi connectivity index (χ4v) is 2.14. The highest BCUT2D eigenvalue weighted by Crippen LogP contribution is 2.42. The summed E-state index contributed by atoms with van der Waals surface area (Å²) >= 11 is 0. The third kappa shape index (κ3) is 2.98. The summed E-state index contributed by atoms with van der Waals surface area (Å²) in [6.45, 7) is 12.8. The molecule has 1 fully saturated rings. The van der Waals surface area contributed by atoms with Crippen LogP contribution in [0.4, 0.5) is 0 Å². The van der Waals surface area contributed by atoms with Crippen molar-refractivity contribution in [2.24, 2.45) is 11.3 Å². The van der Waals surface area contributed by atoms with Crippen LogP contribution >= 0.6 is 0 Å². The molecule has 2 atom stereocenters. The maximum absolute atomic E-state index is 3.63. The summed E-state index contributed by atoms with van der Waals surface area (Å²) < 4.78 is 0. The molecule has 1 N–H and O–H groups in total. The fourth-order valence-electron chi connectivity index (χ4n) is 2.14. The minimum absolute atomic E-state index is 0.269. The highest BCUT2D eigenvalue weighted by atomic mass is 15.0. The van der Waals surface area contributed by atoms with Crippen LogP contribution in [-0.2, 0) is 0 Å². The molecular formula is C12H25N.